The van der Waals surface area contributed by atoms with Crippen molar-refractivity contribution >= 4 is 17.4 Å². The van der Waals surface area contributed by atoms with Gasteiger partial charge in [-0.1, -0.05) is 6.07 Å². The number of ether oxygens (including phenoxy) is 1. The number of hydrogen-bond donors (Lipinski definition) is 1. The van der Waals surface area contributed by atoms with Gasteiger partial charge in [0.1, 0.15) is 12.4 Å². The monoisotopic (exact) mass is 476 g/mol. The van der Waals surface area contributed by atoms with Gasteiger partial charge < -0.3 is 14.5 Å². The molecule has 7 rings (SSSR count). The van der Waals surface area contributed by atoms with Crippen molar-refractivity contribution in [1.29, 1.82) is 0 Å². The maximum absolute atomic E-state index is 12.8. The second kappa shape index (κ2) is 8.25. The van der Waals surface area contributed by atoms with Crippen molar-refractivity contribution in [2.75, 3.05) is 5.32 Å². The molecule has 0 radical (unpaired) electrons. The standard InChI is InChI=1S/C26H28N4O5/c1-16-2-4-22(21(8-16)30(32)33)34-15-20-3-5-23(35-20)25(31)27-24-6-7-29(28-24)26-12-17-9-18(13-26)11-19(10-17)14-26/h2-8,17-19H,9-15H2,1H3,(H,27,28,31). The lowest BCUT2D eigenvalue weighted by atomic mass is 9.53. The fourth-order valence-electron chi connectivity index (χ4n) is 6.80. The topological polar surface area (TPSA) is 112 Å². The molecule has 0 unspecified atom stereocenters. The Balaban J connectivity index is 1.10. The number of benzene rings is 1. The minimum absolute atomic E-state index is 0.0299. The molecular formula is C26H28N4O5. The molecular weight excluding hydrogens is 448 g/mol. The largest absolute Gasteiger partial charge is 0.479 e. The van der Waals surface area contributed by atoms with Crippen LogP contribution in [0.25, 0.3) is 0 Å². The van der Waals surface area contributed by atoms with E-state index in [1.54, 1.807) is 31.2 Å². The normalized spacial score (nSPS) is 26.6. The van der Waals surface area contributed by atoms with Gasteiger partial charge in [-0.2, -0.15) is 5.10 Å². The van der Waals surface area contributed by atoms with E-state index in [1.165, 1.54) is 44.6 Å². The van der Waals surface area contributed by atoms with E-state index in [0.29, 0.717) is 11.6 Å². The summed E-state index contributed by atoms with van der Waals surface area (Å²) in [6, 6.07) is 9.80. The van der Waals surface area contributed by atoms with Crippen LogP contribution in [0, 0.1) is 34.8 Å². The minimum atomic E-state index is -0.480. The average Bonchev–Trinajstić information content (AvgIpc) is 3.47. The van der Waals surface area contributed by atoms with Crippen molar-refractivity contribution in [1.82, 2.24) is 9.78 Å². The number of aromatic nitrogens is 2. The van der Waals surface area contributed by atoms with E-state index in [2.05, 4.69) is 10.00 Å². The van der Waals surface area contributed by atoms with Gasteiger partial charge in [-0.3, -0.25) is 19.6 Å². The Labute approximate surface area is 202 Å². The zero-order chi connectivity index (χ0) is 24.2. The second-order valence-corrected chi connectivity index (χ2v) is 10.5. The van der Waals surface area contributed by atoms with Crippen LogP contribution in [0.4, 0.5) is 11.5 Å². The van der Waals surface area contributed by atoms with Crippen LogP contribution < -0.4 is 10.1 Å². The highest BCUT2D eigenvalue weighted by Gasteiger charge is 2.52. The molecule has 4 bridgehead atoms. The van der Waals surface area contributed by atoms with Crippen molar-refractivity contribution in [3.05, 3.63) is 69.8 Å². The first-order valence-corrected chi connectivity index (χ1v) is 12.2. The number of rotatable bonds is 7. The molecule has 4 fully saturated rings. The van der Waals surface area contributed by atoms with Crippen LogP contribution in [-0.4, -0.2) is 20.6 Å². The summed E-state index contributed by atoms with van der Waals surface area (Å²) in [5.74, 6) is 3.23. The van der Waals surface area contributed by atoms with Crippen molar-refractivity contribution in [3.8, 4) is 5.75 Å². The number of carbonyl (C=O) groups is 1. The zero-order valence-electron chi connectivity index (χ0n) is 19.6. The summed E-state index contributed by atoms with van der Waals surface area (Å²) < 4.78 is 13.3. The molecule has 0 atom stereocenters. The fourth-order valence-corrected chi connectivity index (χ4v) is 6.80. The molecule has 1 amide bonds. The van der Waals surface area contributed by atoms with Crippen LogP contribution in [0.5, 0.6) is 5.75 Å². The summed E-state index contributed by atoms with van der Waals surface area (Å²) in [5.41, 5.74) is 0.765. The highest BCUT2D eigenvalue weighted by atomic mass is 16.6. The lowest BCUT2D eigenvalue weighted by Crippen LogP contribution is -2.52. The first-order valence-electron chi connectivity index (χ1n) is 12.2. The molecule has 4 saturated carbocycles. The van der Waals surface area contributed by atoms with Crippen molar-refractivity contribution in [2.45, 2.75) is 57.6 Å². The number of anilines is 1. The van der Waals surface area contributed by atoms with E-state index < -0.39 is 10.8 Å². The minimum Gasteiger partial charge on any atom is -0.479 e. The molecule has 182 valence electrons. The van der Waals surface area contributed by atoms with Gasteiger partial charge in [0, 0.05) is 18.3 Å². The number of furan rings is 1. The molecule has 9 nitrogen and oxygen atoms in total. The Morgan fingerprint density at radius 1 is 1.17 bits per heavy atom. The third kappa shape index (κ3) is 4.09. The summed E-state index contributed by atoms with van der Waals surface area (Å²) in [5, 5.41) is 18.8. The van der Waals surface area contributed by atoms with E-state index in [9.17, 15) is 14.9 Å². The van der Waals surface area contributed by atoms with Crippen LogP contribution in [0.2, 0.25) is 0 Å². The quantitative estimate of drug-likeness (QED) is 0.358. The first-order chi connectivity index (χ1) is 16.9. The summed E-state index contributed by atoms with van der Waals surface area (Å²) in [4.78, 5) is 23.5. The number of nitrogens with one attached hydrogen (secondary N) is 1. The smallest absolute Gasteiger partial charge is 0.311 e. The Hall–Kier alpha value is -3.62. The summed E-state index contributed by atoms with van der Waals surface area (Å²) in [6.07, 6.45) is 9.67. The van der Waals surface area contributed by atoms with Crippen molar-refractivity contribution in [3.63, 3.8) is 0 Å². The van der Waals surface area contributed by atoms with Gasteiger partial charge in [0.25, 0.3) is 5.91 Å². The Kier molecular flexibility index (Phi) is 5.16. The summed E-state index contributed by atoms with van der Waals surface area (Å²) in [7, 11) is 0. The van der Waals surface area contributed by atoms with Gasteiger partial charge in [0.05, 0.1) is 10.5 Å². The second-order valence-electron chi connectivity index (χ2n) is 10.5. The van der Waals surface area contributed by atoms with Gasteiger partial charge in [-0.15, -0.1) is 0 Å². The predicted molar refractivity (Wildman–Crippen MR) is 127 cm³/mol. The van der Waals surface area contributed by atoms with Gasteiger partial charge in [0.2, 0.25) is 0 Å². The van der Waals surface area contributed by atoms with E-state index in [0.717, 1.165) is 23.3 Å². The maximum atomic E-state index is 12.8. The zero-order valence-corrected chi connectivity index (χ0v) is 19.6. The van der Waals surface area contributed by atoms with Gasteiger partial charge in [0.15, 0.2) is 17.3 Å². The van der Waals surface area contributed by atoms with Gasteiger partial charge in [-0.25, -0.2) is 0 Å². The van der Waals surface area contributed by atoms with Gasteiger partial charge >= 0.3 is 5.69 Å². The van der Waals surface area contributed by atoms with E-state index >= 15 is 0 Å². The number of carbonyl (C=O) groups excluding carboxylic acids is 1. The van der Waals surface area contributed by atoms with E-state index in [4.69, 9.17) is 14.3 Å². The van der Waals surface area contributed by atoms with E-state index in [-0.39, 0.29) is 29.3 Å². The highest BCUT2D eigenvalue weighted by Crippen LogP contribution is 2.58. The molecule has 9 heteroatoms. The molecule has 0 aliphatic heterocycles. The predicted octanol–water partition coefficient (Wildman–Crippen LogP) is 5.45. The number of aryl methyl sites for hydroxylation is 1. The van der Waals surface area contributed by atoms with Crippen LogP contribution in [0.1, 0.15) is 60.4 Å². The molecule has 1 N–H and O–H groups in total. The fraction of sp³-hybridized carbons (Fsp3) is 0.462. The average molecular weight is 477 g/mol. The lowest BCUT2D eigenvalue weighted by molar-refractivity contribution is -0.386. The lowest BCUT2D eigenvalue weighted by Gasteiger charge is -2.56. The molecule has 1 aromatic carbocycles. The Morgan fingerprint density at radius 2 is 1.89 bits per heavy atom. The number of nitrogens with zero attached hydrogens (tertiary/aromatic N) is 3. The van der Waals surface area contributed by atoms with Crippen LogP contribution in [0.3, 0.4) is 0 Å². The third-order valence-electron chi connectivity index (χ3n) is 7.89. The number of nitro groups is 1. The van der Waals surface area contributed by atoms with E-state index in [1.807, 2.05) is 12.3 Å². The van der Waals surface area contributed by atoms with Crippen molar-refractivity contribution < 1.29 is 18.9 Å². The molecule has 0 spiro atoms. The van der Waals surface area contributed by atoms with Crippen LogP contribution in [0.15, 0.2) is 47.0 Å². The molecule has 4 aliphatic rings. The molecule has 2 aromatic heterocycles. The SMILES string of the molecule is Cc1ccc(OCc2ccc(C(=O)Nc3ccn(C45CC6CC(CC(C6)C4)C5)n3)o2)c([N+](=O)[O-])c1. The molecule has 4 aliphatic carbocycles. The summed E-state index contributed by atoms with van der Waals surface area (Å²) >= 11 is 0. The molecule has 2 heterocycles. The first kappa shape index (κ1) is 21.9. The summed E-state index contributed by atoms with van der Waals surface area (Å²) in [6.45, 7) is 1.75. The maximum Gasteiger partial charge on any atom is 0.311 e. The molecule has 35 heavy (non-hydrogen) atoms. The number of nitro benzene ring substituents is 1. The Morgan fingerprint density at radius 3 is 2.57 bits per heavy atom. The number of hydrogen-bond acceptors (Lipinski definition) is 6. The third-order valence-corrected chi connectivity index (χ3v) is 7.89. The van der Waals surface area contributed by atoms with Gasteiger partial charge in [-0.05, 0) is 87.0 Å². The number of amides is 1. The van der Waals surface area contributed by atoms with Crippen LogP contribution >= 0.6 is 0 Å². The Bertz CT molecular complexity index is 1260. The molecule has 3 aromatic rings. The highest BCUT2D eigenvalue weighted by molar-refractivity contribution is 6.01. The molecule has 0 saturated heterocycles. The van der Waals surface area contributed by atoms with Crippen LogP contribution in [-0.2, 0) is 12.1 Å². The van der Waals surface area contributed by atoms with Crippen molar-refractivity contribution in [2.24, 2.45) is 17.8 Å².